The van der Waals surface area contributed by atoms with Gasteiger partial charge in [0.1, 0.15) is 11.5 Å². The summed E-state index contributed by atoms with van der Waals surface area (Å²) >= 11 is 3.52. The van der Waals surface area contributed by atoms with E-state index in [4.69, 9.17) is 9.26 Å². The summed E-state index contributed by atoms with van der Waals surface area (Å²) in [5.41, 5.74) is 2.06. The average Bonchev–Trinajstić information content (AvgIpc) is 2.77. The van der Waals surface area contributed by atoms with E-state index in [1.165, 1.54) is 0 Å². The molecule has 1 aromatic carbocycles. The summed E-state index contributed by atoms with van der Waals surface area (Å²) < 4.78 is 11.3. The molecule has 96 valence electrons. The Morgan fingerprint density at radius 1 is 1.33 bits per heavy atom. The van der Waals surface area contributed by atoms with E-state index in [1.54, 1.807) is 7.11 Å². The Labute approximate surface area is 114 Å². The van der Waals surface area contributed by atoms with Gasteiger partial charge in [-0.15, -0.1) is 0 Å². The number of halogens is 1. The maximum absolute atomic E-state index is 5.20. The predicted octanol–water partition coefficient (Wildman–Crippen LogP) is 3.04. The molecule has 2 aromatic rings. The zero-order chi connectivity index (χ0) is 13.0. The van der Waals surface area contributed by atoms with Gasteiger partial charge in [-0.2, -0.15) is 0 Å². The zero-order valence-electron chi connectivity index (χ0n) is 10.4. The van der Waals surface area contributed by atoms with Crippen molar-refractivity contribution in [3.8, 4) is 5.75 Å². The monoisotopic (exact) mass is 310 g/mol. The molecule has 1 N–H and O–H groups in total. The van der Waals surface area contributed by atoms with E-state index >= 15 is 0 Å². The number of aryl methyl sites for hydroxylation is 1. The molecule has 1 heterocycles. The van der Waals surface area contributed by atoms with Crippen LogP contribution in [0.15, 0.2) is 33.3 Å². The number of nitrogens with zero attached hydrogens (tertiary/aromatic N) is 1. The summed E-state index contributed by atoms with van der Waals surface area (Å²) in [5.74, 6) is 1.68. The summed E-state index contributed by atoms with van der Waals surface area (Å²) in [5, 5.41) is 7.24. The molecule has 0 amide bonds. The molecule has 0 aliphatic heterocycles. The van der Waals surface area contributed by atoms with Crippen LogP contribution >= 0.6 is 15.9 Å². The van der Waals surface area contributed by atoms with Crippen LogP contribution in [0.2, 0.25) is 0 Å². The van der Waals surface area contributed by atoms with E-state index in [2.05, 4.69) is 26.4 Å². The van der Waals surface area contributed by atoms with Gasteiger partial charge in [-0.25, -0.2) is 0 Å². The first kappa shape index (κ1) is 13.1. The van der Waals surface area contributed by atoms with E-state index in [1.807, 2.05) is 31.2 Å². The van der Waals surface area contributed by atoms with Gasteiger partial charge in [0.05, 0.1) is 12.8 Å². The van der Waals surface area contributed by atoms with Crippen LogP contribution in [-0.2, 0) is 13.1 Å². The number of methoxy groups -OCH3 is 1. The molecule has 0 unspecified atom stereocenters. The second kappa shape index (κ2) is 6.02. The van der Waals surface area contributed by atoms with Crippen LogP contribution in [0.5, 0.6) is 5.75 Å². The quantitative estimate of drug-likeness (QED) is 0.922. The van der Waals surface area contributed by atoms with Crippen molar-refractivity contribution in [2.45, 2.75) is 20.0 Å². The number of nitrogens with one attached hydrogen (secondary N) is 1. The lowest BCUT2D eigenvalue weighted by atomic mass is 10.2. The average molecular weight is 311 g/mol. The summed E-state index contributed by atoms with van der Waals surface area (Å²) in [6, 6.07) is 7.84. The van der Waals surface area contributed by atoms with Gasteiger partial charge in [0, 0.05) is 23.6 Å². The third kappa shape index (κ3) is 3.34. The molecule has 0 aliphatic carbocycles. The molecule has 0 fully saturated rings. The smallest absolute Gasteiger partial charge is 0.133 e. The number of aromatic nitrogens is 1. The number of benzene rings is 1. The van der Waals surface area contributed by atoms with Crippen LogP contribution in [0.4, 0.5) is 0 Å². The van der Waals surface area contributed by atoms with Crippen LogP contribution in [0.3, 0.4) is 0 Å². The summed E-state index contributed by atoms with van der Waals surface area (Å²) in [7, 11) is 1.67. The fourth-order valence-electron chi connectivity index (χ4n) is 1.64. The minimum absolute atomic E-state index is 0.682. The van der Waals surface area contributed by atoms with E-state index in [-0.39, 0.29) is 0 Å². The maximum Gasteiger partial charge on any atom is 0.133 e. The third-order valence-electron chi connectivity index (χ3n) is 2.55. The fraction of sp³-hybridized carbons (Fsp3) is 0.308. The number of hydrogen-bond donors (Lipinski definition) is 1. The molecule has 4 nitrogen and oxygen atoms in total. The normalized spacial score (nSPS) is 10.6. The highest BCUT2D eigenvalue weighted by atomic mass is 79.9. The largest absolute Gasteiger partial charge is 0.497 e. The lowest BCUT2D eigenvalue weighted by molar-refractivity contribution is 0.388. The van der Waals surface area contributed by atoms with Crippen molar-refractivity contribution in [1.82, 2.24) is 10.5 Å². The molecule has 0 atom stereocenters. The Morgan fingerprint density at radius 3 is 2.83 bits per heavy atom. The van der Waals surface area contributed by atoms with Crippen molar-refractivity contribution < 1.29 is 9.26 Å². The molecular formula is C13H15BrN2O2. The molecule has 2 rings (SSSR count). The topological polar surface area (TPSA) is 47.3 Å². The number of ether oxygens (including phenoxy) is 1. The molecular weight excluding hydrogens is 296 g/mol. The first-order valence-corrected chi connectivity index (χ1v) is 6.43. The molecule has 0 spiro atoms. The Balaban J connectivity index is 1.93. The predicted molar refractivity (Wildman–Crippen MR) is 72.5 cm³/mol. The SMILES string of the molecule is COc1ccc(Br)c(CNCc2cc(C)on2)c1. The van der Waals surface area contributed by atoms with Gasteiger partial charge < -0.3 is 14.6 Å². The van der Waals surface area contributed by atoms with Gasteiger partial charge in [0.25, 0.3) is 0 Å². The Kier molecular flexibility index (Phi) is 4.38. The van der Waals surface area contributed by atoms with Gasteiger partial charge in [-0.1, -0.05) is 21.1 Å². The highest BCUT2D eigenvalue weighted by Gasteiger charge is 2.03. The first-order chi connectivity index (χ1) is 8.69. The van der Waals surface area contributed by atoms with Gasteiger partial charge in [-0.3, -0.25) is 0 Å². The molecule has 1 aromatic heterocycles. The molecule has 0 aliphatic rings. The Morgan fingerprint density at radius 2 is 2.17 bits per heavy atom. The fourth-order valence-corrected chi connectivity index (χ4v) is 2.03. The highest BCUT2D eigenvalue weighted by molar-refractivity contribution is 9.10. The second-order valence-electron chi connectivity index (χ2n) is 3.99. The zero-order valence-corrected chi connectivity index (χ0v) is 12.0. The highest BCUT2D eigenvalue weighted by Crippen LogP contribution is 2.22. The standard InChI is InChI=1S/C13H15BrN2O2/c1-9-5-11(16-18-9)8-15-7-10-6-12(17-2)3-4-13(10)14/h3-6,15H,7-8H2,1-2H3. The van der Waals surface area contributed by atoms with E-state index in [9.17, 15) is 0 Å². The number of rotatable bonds is 5. The van der Waals surface area contributed by atoms with Crippen molar-refractivity contribution in [3.63, 3.8) is 0 Å². The van der Waals surface area contributed by atoms with Gasteiger partial charge in [-0.05, 0) is 30.7 Å². The molecule has 5 heteroatoms. The van der Waals surface area contributed by atoms with Gasteiger partial charge >= 0.3 is 0 Å². The summed E-state index contributed by atoms with van der Waals surface area (Å²) in [6.07, 6.45) is 0. The van der Waals surface area contributed by atoms with Crippen molar-refractivity contribution in [3.05, 3.63) is 45.8 Å². The molecule has 0 bridgehead atoms. The van der Waals surface area contributed by atoms with Gasteiger partial charge in [0.15, 0.2) is 0 Å². The minimum atomic E-state index is 0.682. The minimum Gasteiger partial charge on any atom is -0.497 e. The Bertz CT molecular complexity index is 525. The lowest BCUT2D eigenvalue weighted by Crippen LogP contribution is -2.13. The van der Waals surface area contributed by atoms with Crippen molar-refractivity contribution in [2.75, 3.05) is 7.11 Å². The second-order valence-corrected chi connectivity index (χ2v) is 4.84. The van der Waals surface area contributed by atoms with E-state index < -0.39 is 0 Å². The van der Waals surface area contributed by atoms with E-state index in [0.717, 1.165) is 33.8 Å². The van der Waals surface area contributed by atoms with Crippen LogP contribution in [0.1, 0.15) is 17.0 Å². The van der Waals surface area contributed by atoms with Gasteiger partial charge in [0.2, 0.25) is 0 Å². The lowest BCUT2D eigenvalue weighted by Gasteiger charge is -2.07. The summed E-state index contributed by atoms with van der Waals surface area (Å²) in [4.78, 5) is 0. The van der Waals surface area contributed by atoms with Crippen LogP contribution in [0, 0.1) is 6.92 Å². The van der Waals surface area contributed by atoms with Crippen LogP contribution in [-0.4, -0.2) is 12.3 Å². The van der Waals surface area contributed by atoms with Crippen LogP contribution in [0.25, 0.3) is 0 Å². The van der Waals surface area contributed by atoms with Crippen molar-refractivity contribution in [2.24, 2.45) is 0 Å². The molecule has 0 radical (unpaired) electrons. The van der Waals surface area contributed by atoms with Crippen molar-refractivity contribution >= 4 is 15.9 Å². The molecule has 18 heavy (non-hydrogen) atoms. The summed E-state index contributed by atoms with van der Waals surface area (Å²) in [6.45, 7) is 3.31. The third-order valence-corrected chi connectivity index (χ3v) is 3.32. The van der Waals surface area contributed by atoms with Crippen molar-refractivity contribution in [1.29, 1.82) is 0 Å². The Hall–Kier alpha value is -1.33. The first-order valence-electron chi connectivity index (χ1n) is 5.64. The number of hydrogen-bond acceptors (Lipinski definition) is 4. The molecule has 0 saturated carbocycles. The van der Waals surface area contributed by atoms with Crippen LogP contribution < -0.4 is 10.1 Å². The molecule has 0 saturated heterocycles. The maximum atomic E-state index is 5.20. The van der Waals surface area contributed by atoms with E-state index in [0.29, 0.717) is 6.54 Å².